The fraction of sp³-hybridized carbons (Fsp3) is 1.00. The van der Waals surface area contributed by atoms with E-state index < -0.39 is 0 Å². The monoisotopic (exact) mass is 211 g/mol. The Kier molecular flexibility index (Phi) is 4.00. The van der Waals surface area contributed by atoms with Crippen LogP contribution in [-0.2, 0) is 0 Å². The van der Waals surface area contributed by atoms with Crippen LogP contribution in [0.5, 0.6) is 0 Å². The molecular formula is C12H25N3. The summed E-state index contributed by atoms with van der Waals surface area (Å²) in [6.07, 6.45) is 2.67. The topological polar surface area (TPSA) is 18.5 Å². The summed E-state index contributed by atoms with van der Waals surface area (Å²) in [6.45, 7) is 12.2. The minimum atomic E-state index is 0.789. The van der Waals surface area contributed by atoms with Crippen LogP contribution in [0.3, 0.4) is 0 Å². The summed E-state index contributed by atoms with van der Waals surface area (Å²) >= 11 is 0. The Morgan fingerprint density at radius 1 is 1.20 bits per heavy atom. The van der Waals surface area contributed by atoms with Gasteiger partial charge in [-0.2, -0.15) is 0 Å². The standard InChI is InChI=1S/C12H25N3/c1-3-4-11(2)14-5-7-15(8-6-14)12-9-13-10-12/h11-13H,3-10H2,1-2H3. The van der Waals surface area contributed by atoms with Crippen molar-refractivity contribution in [1.29, 1.82) is 0 Å². The van der Waals surface area contributed by atoms with E-state index in [1.165, 1.54) is 52.1 Å². The van der Waals surface area contributed by atoms with Gasteiger partial charge < -0.3 is 5.32 Å². The van der Waals surface area contributed by atoms with Gasteiger partial charge in [0, 0.05) is 51.4 Å². The molecule has 3 heteroatoms. The summed E-state index contributed by atoms with van der Waals surface area (Å²) in [5.41, 5.74) is 0. The van der Waals surface area contributed by atoms with Crippen molar-refractivity contribution < 1.29 is 0 Å². The highest BCUT2D eigenvalue weighted by atomic mass is 15.3. The molecule has 2 saturated heterocycles. The van der Waals surface area contributed by atoms with Gasteiger partial charge in [-0.15, -0.1) is 0 Å². The molecule has 2 aliphatic heterocycles. The second-order valence-electron chi connectivity index (χ2n) is 5.02. The van der Waals surface area contributed by atoms with Gasteiger partial charge in [-0.05, 0) is 13.3 Å². The maximum Gasteiger partial charge on any atom is 0.0346 e. The highest BCUT2D eigenvalue weighted by molar-refractivity contribution is 4.88. The van der Waals surface area contributed by atoms with Crippen LogP contribution in [0.25, 0.3) is 0 Å². The third kappa shape index (κ3) is 2.71. The van der Waals surface area contributed by atoms with Crippen LogP contribution in [0.15, 0.2) is 0 Å². The van der Waals surface area contributed by atoms with E-state index in [4.69, 9.17) is 0 Å². The first kappa shape index (κ1) is 11.4. The van der Waals surface area contributed by atoms with E-state index >= 15 is 0 Å². The number of hydrogen-bond donors (Lipinski definition) is 1. The highest BCUT2D eigenvalue weighted by Crippen LogP contribution is 2.13. The van der Waals surface area contributed by atoms with Gasteiger partial charge >= 0.3 is 0 Å². The molecule has 1 unspecified atom stereocenters. The van der Waals surface area contributed by atoms with Crippen LogP contribution in [-0.4, -0.2) is 61.2 Å². The molecule has 2 aliphatic rings. The Hall–Kier alpha value is -0.120. The number of nitrogens with zero attached hydrogens (tertiary/aromatic N) is 2. The molecule has 0 aromatic carbocycles. The van der Waals surface area contributed by atoms with Crippen LogP contribution in [0, 0.1) is 0 Å². The molecule has 0 aromatic heterocycles. The predicted octanol–water partition coefficient (Wildman–Crippen LogP) is 0.764. The van der Waals surface area contributed by atoms with Gasteiger partial charge in [0.05, 0.1) is 0 Å². The molecular weight excluding hydrogens is 186 g/mol. The van der Waals surface area contributed by atoms with E-state index in [1.807, 2.05) is 0 Å². The third-order valence-electron chi connectivity index (χ3n) is 3.95. The first-order chi connectivity index (χ1) is 7.31. The molecule has 15 heavy (non-hydrogen) atoms. The number of piperazine rings is 1. The van der Waals surface area contributed by atoms with Gasteiger partial charge in [0.25, 0.3) is 0 Å². The summed E-state index contributed by atoms with van der Waals surface area (Å²) in [5.74, 6) is 0. The molecule has 2 fully saturated rings. The van der Waals surface area contributed by atoms with Crippen molar-refractivity contribution >= 4 is 0 Å². The van der Waals surface area contributed by atoms with E-state index in [-0.39, 0.29) is 0 Å². The van der Waals surface area contributed by atoms with Crippen molar-refractivity contribution in [2.45, 2.75) is 38.8 Å². The van der Waals surface area contributed by atoms with E-state index in [9.17, 15) is 0 Å². The molecule has 0 aromatic rings. The predicted molar refractivity (Wildman–Crippen MR) is 64.2 cm³/mol. The zero-order chi connectivity index (χ0) is 10.7. The first-order valence-electron chi connectivity index (χ1n) is 6.50. The molecule has 2 rings (SSSR count). The summed E-state index contributed by atoms with van der Waals surface area (Å²) < 4.78 is 0. The van der Waals surface area contributed by atoms with E-state index in [0.29, 0.717) is 0 Å². The zero-order valence-corrected chi connectivity index (χ0v) is 10.2. The van der Waals surface area contributed by atoms with E-state index in [0.717, 1.165) is 12.1 Å². The maximum absolute atomic E-state index is 3.36. The Morgan fingerprint density at radius 3 is 2.33 bits per heavy atom. The van der Waals surface area contributed by atoms with Gasteiger partial charge in [-0.1, -0.05) is 13.3 Å². The van der Waals surface area contributed by atoms with Crippen LogP contribution in [0.1, 0.15) is 26.7 Å². The van der Waals surface area contributed by atoms with Crippen molar-refractivity contribution in [3.63, 3.8) is 0 Å². The number of rotatable bonds is 4. The molecule has 0 amide bonds. The minimum absolute atomic E-state index is 0.789. The van der Waals surface area contributed by atoms with Crippen molar-refractivity contribution in [1.82, 2.24) is 15.1 Å². The average Bonchev–Trinajstić information content (AvgIpc) is 2.16. The van der Waals surface area contributed by atoms with Crippen LogP contribution in [0.2, 0.25) is 0 Å². The maximum atomic E-state index is 3.36. The van der Waals surface area contributed by atoms with Crippen molar-refractivity contribution in [3.05, 3.63) is 0 Å². The van der Waals surface area contributed by atoms with Gasteiger partial charge in [0.15, 0.2) is 0 Å². The quantitative estimate of drug-likeness (QED) is 0.741. The lowest BCUT2D eigenvalue weighted by molar-refractivity contribution is 0.0534. The van der Waals surface area contributed by atoms with Gasteiger partial charge in [0.1, 0.15) is 0 Å². The second kappa shape index (κ2) is 5.28. The van der Waals surface area contributed by atoms with Crippen molar-refractivity contribution in [3.8, 4) is 0 Å². The Morgan fingerprint density at radius 2 is 1.87 bits per heavy atom. The fourth-order valence-electron chi connectivity index (χ4n) is 2.68. The average molecular weight is 211 g/mol. The van der Waals surface area contributed by atoms with Gasteiger partial charge in [-0.3, -0.25) is 9.80 Å². The number of hydrogen-bond acceptors (Lipinski definition) is 3. The normalized spacial score (nSPS) is 27.6. The summed E-state index contributed by atoms with van der Waals surface area (Å²) in [7, 11) is 0. The zero-order valence-electron chi connectivity index (χ0n) is 10.2. The Bertz CT molecular complexity index is 183. The molecule has 1 atom stereocenters. The third-order valence-corrected chi connectivity index (χ3v) is 3.95. The molecule has 0 spiro atoms. The Balaban J connectivity index is 1.71. The van der Waals surface area contributed by atoms with E-state index in [2.05, 4.69) is 29.0 Å². The first-order valence-corrected chi connectivity index (χ1v) is 6.50. The number of nitrogens with one attached hydrogen (secondary N) is 1. The SMILES string of the molecule is CCCC(C)N1CCN(C2CNC2)CC1. The summed E-state index contributed by atoms with van der Waals surface area (Å²) in [4.78, 5) is 5.32. The lowest BCUT2D eigenvalue weighted by Crippen LogP contribution is -2.62. The van der Waals surface area contributed by atoms with Crippen molar-refractivity contribution in [2.75, 3.05) is 39.3 Å². The lowest BCUT2D eigenvalue weighted by atomic mass is 10.1. The molecule has 0 aliphatic carbocycles. The molecule has 0 saturated carbocycles. The largest absolute Gasteiger partial charge is 0.314 e. The molecule has 88 valence electrons. The highest BCUT2D eigenvalue weighted by Gasteiger charge is 2.28. The van der Waals surface area contributed by atoms with E-state index in [1.54, 1.807) is 0 Å². The molecule has 0 bridgehead atoms. The van der Waals surface area contributed by atoms with Gasteiger partial charge in [0.2, 0.25) is 0 Å². The summed E-state index contributed by atoms with van der Waals surface area (Å²) in [6, 6.07) is 1.63. The lowest BCUT2D eigenvalue weighted by Gasteiger charge is -2.44. The smallest absolute Gasteiger partial charge is 0.0346 e. The van der Waals surface area contributed by atoms with Gasteiger partial charge in [-0.25, -0.2) is 0 Å². The van der Waals surface area contributed by atoms with Crippen LogP contribution >= 0.6 is 0 Å². The molecule has 1 N–H and O–H groups in total. The summed E-state index contributed by atoms with van der Waals surface area (Å²) in [5, 5.41) is 3.36. The molecule has 0 radical (unpaired) electrons. The van der Waals surface area contributed by atoms with Crippen LogP contribution in [0.4, 0.5) is 0 Å². The Labute approximate surface area is 93.8 Å². The fourth-order valence-corrected chi connectivity index (χ4v) is 2.68. The second-order valence-corrected chi connectivity index (χ2v) is 5.02. The molecule has 3 nitrogen and oxygen atoms in total. The van der Waals surface area contributed by atoms with Crippen molar-refractivity contribution in [2.24, 2.45) is 0 Å². The molecule has 2 heterocycles. The minimum Gasteiger partial charge on any atom is -0.314 e. The van der Waals surface area contributed by atoms with Crippen LogP contribution < -0.4 is 5.32 Å².